The first-order valence-corrected chi connectivity index (χ1v) is 11.5. The Labute approximate surface area is 181 Å². The third-order valence-corrected chi connectivity index (χ3v) is 7.66. The number of hydrogen-bond donors (Lipinski definition) is 2. The van der Waals surface area contributed by atoms with Crippen LogP contribution in [0.25, 0.3) is 0 Å². The first kappa shape index (κ1) is 20.4. The molecule has 1 saturated heterocycles. The summed E-state index contributed by atoms with van der Waals surface area (Å²) in [5.41, 5.74) is 5.02. The van der Waals surface area contributed by atoms with E-state index in [1.165, 1.54) is 16.7 Å². The topological polar surface area (TPSA) is 52.6 Å². The van der Waals surface area contributed by atoms with E-state index in [-0.39, 0.29) is 11.3 Å². The Morgan fingerprint density at radius 3 is 2.76 bits per heavy atom. The Balaban J connectivity index is 1.44. The highest BCUT2D eigenvalue weighted by Crippen LogP contribution is 2.49. The Bertz CT molecular complexity index is 898. The molecule has 2 aromatic carbocycles. The van der Waals surface area contributed by atoms with Gasteiger partial charge in [0.15, 0.2) is 0 Å². The van der Waals surface area contributed by atoms with Gasteiger partial charge >= 0.3 is 0 Å². The minimum Gasteiger partial charge on any atom is -0.508 e. The van der Waals surface area contributed by atoms with Gasteiger partial charge in [-0.05, 0) is 78.1 Å². The number of carbonyl (C=O) groups is 1. The molecule has 3 atom stereocenters. The highest BCUT2D eigenvalue weighted by atomic mass is 79.9. The lowest BCUT2D eigenvalue weighted by atomic mass is 9.59. The second kappa shape index (κ2) is 8.11. The second-order valence-corrected chi connectivity index (χ2v) is 9.29. The van der Waals surface area contributed by atoms with Gasteiger partial charge in [-0.1, -0.05) is 48.0 Å². The molecule has 2 N–H and O–H groups in total. The summed E-state index contributed by atoms with van der Waals surface area (Å²) in [4.78, 5) is 14.1. The van der Waals surface area contributed by atoms with Crippen molar-refractivity contribution in [1.82, 2.24) is 4.90 Å². The maximum atomic E-state index is 11.5. The number of phenolic OH excluding ortho intramolecular Hbond substituents is 1. The van der Waals surface area contributed by atoms with Crippen LogP contribution in [0, 0.1) is 5.92 Å². The molecule has 2 bridgehead atoms. The zero-order valence-corrected chi connectivity index (χ0v) is 18.7. The van der Waals surface area contributed by atoms with Gasteiger partial charge in [0.1, 0.15) is 5.75 Å². The van der Waals surface area contributed by atoms with Gasteiger partial charge in [0.05, 0.1) is 5.33 Å². The second-order valence-electron chi connectivity index (χ2n) is 8.73. The van der Waals surface area contributed by atoms with Crippen molar-refractivity contribution in [2.45, 2.75) is 44.6 Å². The molecule has 2 aromatic rings. The molecule has 1 amide bonds. The SMILES string of the molecule is C[C@H]1[C@H]2Cc3ccc(O)cc3[C@]1(C)CCN2CCc1ccc(NC(=O)CBr)cc1. The van der Waals surface area contributed by atoms with Crippen LogP contribution in [0.5, 0.6) is 5.75 Å². The van der Waals surface area contributed by atoms with Gasteiger partial charge < -0.3 is 10.4 Å². The highest BCUT2D eigenvalue weighted by Gasteiger charge is 2.48. The zero-order chi connectivity index (χ0) is 20.6. The molecule has 0 radical (unpaired) electrons. The molecular formula is C24H29BrN2O2. The molecule has 1 aliphatic carbocycles. The van der Waals surface area contributed by atoms with E-state index >= 15 is 0 Å². The van der Waals surface area contributed by atoms with E-state index < -0.39 is 0 Å². The average molecular weight is 457 g/mol. The van der Waals surface area contributed by atoms with Crippen molar-refractivity contribution < 1.29 is 9.90 Å². The van der Waals surface area contributed by atoms with E-state index in [2.05, 4.69) is 58.2 Å². The number of benzene rings is 2. The van der Waals surface area contributed by atoms with Crippen molar-refractivity contribution >= 4 is 27.5 Å². The van der Waals surface area contributed by atoms with Gasteiger partial charge in [0, 0.05) is 18.3 Å². The van der Waals surface area contributed by atoms with Crippen LogP contribution in [0.3, 0.4) is 0 Å². The summed E-state index contributed by atoms with van der Waals surface area (Å²) in [7, 11) is 0. The number of likely N-dealkylation sites (tertiary alicyclic amines) is 1. The van der Waals surface area contributed by atoms with E-state index in [1.807, 2.05) is 24.3 Å². The van der Waals surface area contributed by atoms with Gasteiger partial charge in [0.2, 0.25) is 5.91 Å². The van der Waals surface area contributed by atoms with Gasteiger partial charge in [-0.3, -0.25) is 9.69 Å². The summed E-state index contributed by atoms with van der Waals surface area (Å²) in [6, 6.07) is 14.7. The molecule has 4 nitrogen and oxygen atoms in total. The minimum absolute atomic E-state index is 0.0333. The molecule has 0 saturated carbocycles. The summed E-state index contributed by atoms with van der Waals surface area (Å²) < 4.78 is 0. The first-order chi connectivity index (χ1) is 13.9. The van der Waals surface area contributed by atoms with Crippen molar-refractivity contribution in [1.29, 1.82) is 0 Å². The van der Waals surface area contributed by atoms with E-state index in [1.54, 1.807) is 0 Å². The summed E-state index contributed by atoms with van der Waals surface area (Å²) in [5.74, 6) is 0.912. The van der Waals surface area contributed by atoms with Crippen LogP contribution in [0.2, 0.25) is 0 Å². The fourth-order valence-corrected chi connectivity index (χ4v) is 5.34. The number of amides is 1. The van der Waals surface area contributed by atoms with Crippen molar-refractivity contribution in [3.8, 4) is 5.75 Å². The monoisotopic (exact) mass is 456 g/mol. The number of nitrogens with zero attached hydrogens (tertiary/aromatic N) is 1. The van der Waals surface area contributed by atoms with Crippen LogP contribution in [-0.2, 0) is 23.1 Å². The lowest BCUT2D eigenvalue weighted by molar-refractivity contribution is -0.113. The molecule has 1 aliphatic heterocycles. The number of piperidine rings is 1. The molecule has 0 spiro atoms. The number of nitrogens with one attached hydrogen (secondary N) is 1. The van der Waals surface area contributed by atoms with Crippen LogP contribution < -0.4 is 5.32 Å². The van der Waals surface area contributed by atoms with Crippen molar-refractivity contribution in [2.24, 2.45) is 5.92 Å². The van der Waals surface area contributed by atoms with Crippen molar-refractivity contribution in [3.05, 3.63) is 59.2 Å². The van der Waals surface area contributed by atoms with Crippen molar-refractivity contribution in [3.63, 3.8) is 0 Å². The lowest BCUT2D eigenvalue weighted by Crippen LogP contribution is -2.58. The largest absolute Gasteiger partial charge is 0.508 e. The molecule has 0 aromatic heterocycles. The first-order valence-electron chi connectivity index (χ1n) is 10.4. The Morgan fingerprint density at radius 2 is 2.03 bits per heavy atom. The van der Waals surface area contributed by atoms with Crippen LogP contribution in [0.15, 0.2) is 42.5 Å². The smallest absolute Gasteiger partial charge is 0.235 e. The maximum absolute atomic E-state index is 11.5. The fourth-order valence-electron chi connectivity index (χ4n) is 5.19. The quantitative estimate of drug-likeness (QED) is 0.651. The van der Waals surface area contributed by atoms with E-state index in [0.717, 1.165) is 38.0 Å². The predicted molar refractivity (Wildman–Crippen MR) is 121 cm³/mol. The number of carbonyl (C=O) groups excluding carboxylic acids is 1. The molecule has 29 heavy (non-hydrogen) atoms. The number of alkyl halides is 1. The van der Waals surface area contributed by atoms with Gasteiger partial charge in [-0.25, -0.2) is 0 Å². The number of rotatable bonds is 5. The fraction of sp³-hybridized carbons (Fsp3) is 0.458. The number of halogens is 1. The van der Waals surface area contributed by atoms with Gasteiger partial charge in [-0.2, -0.15) is 0 Å². The summed E-state index contributed by atoms with van der Waals surface area (Å²) >= 11 is 3.17. The standard InChI is InChI=1S/C24H29BrN2O2/c1-16-22-13-18-5-8-20(28)14-21(18)24(16,2)10-12-27(22)11-9-17-3-6-19(7-4-17)26-23(29)15-25/h3-8,14,16,22,28H,9-13,15H2,1-2H3,(H,26,29)/t16-,22+,24+/m0/s1. The van der Waals surface area contributed by atoms with E-state index in [0.29, 0.717) is 23.0 Å². The number of hydrogen-bond acceptors (Lipinski definition) is 3. The summed E-state index contributed by atoms with van der Waals surface area (Å²) in [6.07, 6.45) is 3.19. The average Bonchev–Trinajstić information content (AvgIpc) is 2.71. The molecule has 0 unspecified atom stereocenters. The molecular weight excluding hydrogens is 428 g/mol. The normalized spacial score (nSPS) is 26.0. The number of anilines is 1. The molecule has 4 rings (SSSR count). The predicted octanol–water partition coefficient (Wildman–Crippen LogP) is 4.49. The molecule has 5 heteroatoms. The highest BCUT2D eigenvalue weighted by molar-refractivity contribution is 9.09. The van der Waals surface area contributed by atoms with Gasteiger partial charge in [-0.15, -0.1) is 0 Å². The van der Waals surface area contributed by atoms with Crippen molar-refractivity contribution in [2.75, 3.05) is 23.7 Å². The Kier molecular flexibility index (Phi) is 5.71. The number of phenols is 1. The Hall–Kier alpha value is -1.85. The molecule has 2 aliphatic rings. The minimum atomic E-state index is -0.0333. The summed E-state index contributed by atoms with van der Waals surface area (Å²) in [6.45, 7) is 6.90. The van der Waals surface area contributed by atoms with E-state index in [4.69, 9.17) is 0 Å². The van der Waals surface area contributed by atoms with Gasteiger partial charge in [0.25, 0.3) is 0 Å². The maximum Gasteiger partial charge on any atom is 0.235 e. The third kappa shape index (κ3) is 3.95. The molecule has 1 heterocycles. The van der Waals surface area contributed by atoms with Crippen LogP contribution in [-0.4, -0.2) is 40.4 Å². The number of fused-ring (bicyclic) bond motifs is 4. The molecule has 154 valence electrons. The Morgan fingerprint density at radius 1 is 1.28 bits per heavy atom. The third-order valence-electron chi connectivity index (χ3n) is 7.15. The lowest BCUT2D eigenvalue weighted by Gasteiger charge is -2.54. The van der Waals surface area contributed by atoms with E-state index in [9.17, 15) is 9.90 Å². The van der Waals surface area contributed by atoms with Crippen LogP contribution in [0.1, 0.15) is 37.0 Å². The molecule has 1 fully saturated rings. The summed E-state index contributed by atoms with van der Waals surface area (Å²) in [5, 5.41) is 13.2. The zero-order valence-electron chi connectivity index (χ0n) is 17.1. The van der Waals surface area contributed by atoms with Crippen LogP contribution in [0.4, 0.5) is 5.69 Å². The van der Waals surface area contributed by atoms with Crippen LogP contribution >= 0.6 is 15.9 Å². The number of aromatic hydroxyl groups is 1.